The van der Waals surface area contributed by atoms with Gasteiger partial charge in [-0.05, 0) is 102 Å². The number of halogens is 8. The van der Waals surface area contributed by atoms with Crippen molar-refractivity contribution in [3.05, 3.63) is 149 Å². The van der Waals surface area contributed by atoms with Crippen molar-refractivity contribution in [1.29, 1.82) is 0 Å². The van der Waals surface area contributed by atoms with E-state index in [4.69, 9.17) is 30.5 Å². The number of pyridine rings is 2. The number of ether oxygens (including phenoxy) is 4. The summed E-state index contributed by atoms with van der Waals surface area (Å²) in [5.74, 6) is -4.09. The minimum Gasteiger partial charge on any atom is -0.494 e. The van der Waals surface area contributed by atoms with Gasteiger partial charge in [-0.25, -0.2) is 19.2 Å². The van der Waals surface area contributed by atoms with Crippen LogP contribution >= 0.6 is 11.6 Å². The molecule has 7 aromatic rings. The number of benzene rings is 3. The van der Waals surface area contributed by atoms with Crippen LogP contribution in [0.2, 0.25) is 5.02 Å². The van der Waals surface area contributed by atoms with Crippen molar-refractivity contribution < 1.29 is 83.6 Å². The monoisotopic (exact) mass is 1390 g/mol. The van der Waals surface area contributed by atoms with E-state index in [2.05, 4.69) is 67.1 Å². The molecule has 520 valence electrons. The number of nitrogens with one attached hydrogen (secondary N) is 7. The number of carboxylic acids is 1. The second-order valence-corrected chi connectivity index (χ2v) is 24.1. The molecule has 0 spiro atoms. The molecule has 12 bridgehead atoms. The number of carboxylic acid groups (broad SMARTS) is 1. The maximum absolute atomic E-state index is 14.0. The highest BCUT2D eigenvalue weighted by atomic mass is 35.5. The molecule has 26 nitrogen and oxygen atoms in total. The molecule has 0 saturated heterocycles. The maximum atomic E-state index is 14.0. The van der Waals surface area contributed by atoms with Gasteiger partial charge in [-0.2, -0.15) is 46.3 Å². The Hall–Kier alpha value is -10.9. The van der Waals surface area contributed by atoms with E-state index in [-0.39, 0.29) is 122 Å². The first-order chi connectivity index (χ1) is 46.4. The third-order valence-electron chi connectivity index (χ3n) is 14.0. The van der Waals surface area contributed by atoms with Crippen molar-refractivity contribution in [2.75, 3.05) is 92.3 Å². The van der Waals surface area contributed by atoms with E-state index < -0.39 is 89.7 Å². The van der Waals surface area contributed by atoms with Crippen molar-refractivity contribution in [2.45, 2.75) is 66.0 Å². The highest BCUT2D eigenvalue weighted by Crippen LogP contribution is 2.28. The maximum Gasteiger partial charge on any atom is 0.422 e. The molecular weight excluding hydrogens is 1320 g/mol. The largest absolute Gasteiger partial charge is 0.494 e. The number of hydrogen-bond acceptors (Lipinski definition) is 20. The second-order valence-electron chi connectivity index (χ2n) is 23.7. The third-order valence-corrected chi connectivity index (χ3v) is 14.3. The highest BCUT2D eigenvalue weighted by Gasteiger charge is 2.33. The standard InChI is InChI=1S/C35H35ClF4N8O5.C29H32F3N7O6/c1-34(2)18-43-30(49)22-6-11-27(42-17-22)45-29-15-28(46-33(47-29)53-20-35(38,39)40)41-16-21-4-8-24(9-5-21)52-13-3-12-48(19-34)32(51)31(50)44-23-7-10-25(36)26(37)14-23;1-28(2)15-35-24(40)19-6-9-21(34-14-19)36-23-12-22(37-27(38-23)45-17-29(30,31)32)33-13-18-4-7-20(8-5-18)44-11-3-10-39(16-28)25(41)26(42)43/h4-11,14-15,17H,3,12-13,16,18-20H2,1-2H3,(H,43,49)(H,44,50)(H2,41,42,45,46,47);4-9,12,14H,3,10-11,13,15-17H2,1-2H3,(H,35,40)(H,42,43)(H2,33,34,36,37,38). The minimum absolute atomic E-state index is 0.0554. The van der Waals surface area contributed by atoms with E-state index in [1.807, 2.05) is 13.8 Å². The number of carbonyl (C=O) groups is 6. The number of amides is 5. The summed E-state index contributed by atoms with van der Waals surface area (Å²) in [5, 5.41) is 29.0. The quantitative estimate of drug-likeness (QED) is 0.0587. The van der Waals surface area contributed by atoms with Crippen LogP contribution in [0.15, 0.2) is 116 Å². The SMILES string of the molecule is CC1(C)CNC(=O)c2ccc(nc2)Nc2cc(nc(OCC(F)(F)F)n2)NCc2ccc(cc2)OCCCN(C(=O)C(=O)Nc2ccc(Cl)c(F)c2)C1.CC1(C)CNC(=O)c2ccc(nc2)Nc2cc(nc(OCC(F)(F)F)n2)NCc2ccc(cc2)OCCCN(C(=O)C(=O)O)C1. The van der Waals surface area contributed by atoms with E-state index >= 15 is 0 Å². The smallest absolute Gasteiger partial charge is 0.422 e. The lowest BCUT2D eigenvalue weighted by Gasteiger charge is -2.32. The predicted octanol–water partition coefficient (Wildman–Crippen LogP) is 9.59. The van der Waals surface area contributed by atoms with E-state index in [9.17, 15) is 64.6 Å². The summed E-state index contributed by atoms with van der Waals surface area (Å²) >= 11 is 5.74. The van der Waals surface area contributed by atoms with Crippen molar-refractivity contribution in [3.63, 3.8) is 0 Å². The number of hydrogen-bond donors (Lipinski definition) is 8. The molecule has 8 N–H and O–H groups in total. The zero-order valence-electron chi connectivity index (χ0n) is 53.0. The van der Waals surface area contributed by atoms with Crippen molar-refractivity contribution in [3.8, 4) is 23.5 Å². The molecule has 8 aliphatic rings. The second kappa shape index (κ2) is 32.7. The highest BCUT2D eigenvalue weighted by molar-refractivity contribution is 6.39. The summed E-state index contributed by atoms with van der Waals surface area (Å²) in [6, 6.07) is 25.5. The fourth-order valence-electron chi connectivity index (χ4n) is 9.26. The lowest BCUT2D eigenvalue weighted by molar-refractivity contribution is -0.156. The zero-order chi connectivity index (χ0) is 70.8. The third kappa shape index (κ3) is 23.5. The molecule has 0 unspecified atom stereocenters. The summed E-state index contributed by atoms with van der Waals surface area (Å²) < 4.78 is 112. The van der Waals surface area contributed by atoms with Gasteiger partial charge in [0.25, 0.3) is 11.8 Å². The van der Waals surface area contributed by atoms with Gasteiger partial charge in [-0.15, -0.1) is 0 Å². The van der Waals surface area contributed by atoms with Crippen molar-refractivity contribution in [1.82, 2.24) is 50.3 Å². The van der Waals surface area contributed by atoms with Gasteiger partial charge in [0.15, 0.2) is 13.2 Å². The predicted molar refractivity (Wildman–Crippen MR) is 343 cm³/mol. The van der Waals surface area contributed by atoms with Crippen LogP contribution in [0.5, 0.6) is 23.5 Å². The van der Waals surface area contributed by atoms with Crippen LogP contribution in [0.4, 0.5) is 71.3 Å². The lowest BCUT2D eigenvalue weighted by atomic mass is 9.92. The molecular formula is C64H67ClF7N15O11. The van der Waals surface area contributed by atoms with Gasteiger partial charge < -0.3 is 71.1 Å². The van der Waals surface area contributed by atoms with Crippen LogP contribution in [0.3, 0.4) is 0 Å². The molecule has 34 heteroatoms. The van der Waals surface area contributed by atoms with Gasteiger partial charge in [0, 0.05) is 82.6 Å². The molecule has 3 aromatic carbocycles. The first kappa shape index (κ1) is 73.0. The van der Waals surface area contributed by atoms with Crippen LogP contribution in [0, 0.1) is 16.6 Å². The Morgan fingerprint density at radius 1 is 0.582 bits per heavy atom. The average Bonchev–Trinajstić information content (AvgIpc) is 0.863. The normalized spacial score (nSPS) is 15.6. The Bertz CT molecular complexity index is 3940. The summed E-state index contributed by atoms with van der Waals surface area (Å²) in [7, 11) is 0. The Morgan fingerprint density at radius 3 is 1.41 bits per heavy atom. The van der Waals surface area contributed by atoms with Gasteiger partial charge in [-0.3, -0.25) is 24.0 Å². The number of aliphatic carboxylic acids is 1. The van der Waals surface area contributed by atoms with E-state index in [0.29, 0.717) is 24.3 Å². The number of nitrogens with zero attached hydrogens (tertiary/aromatic N) is 8. The molecule has 12 heterocycles. The first-order valence-electron chi connectivity index (χ1n) is 30.1. The lowest BCUT2D eigenvalue weighted by Crippen LogP contribution is -2.48. The summed E-state index contributed by atoms with van der Waals surface area (Å²) in [6.07, 6.45) is -5.91. The number of carbonyl (C=O) groups excluding carboxylic acids is 5. The summed E-state index contributed by atoms with van der Waals surface area (Å²) in [4.78, 5) is 103. The van der Waals surface area contributed by atoms with Crippen LogP contribution < -0.4 is 56.2 Å². The number of rotatable bonds is 5. The van der Waals surface area contributed by atoms with Gasteiger partial charge in [0.05, 0.1) is 29.4 Å². The molecule has 98 heavy (non-hydrogen) atoms. The van der Waals surface area contributed by atoms with Gasteiger partial charge in [-0.1, -0.05) is 63.6 Å². The first-order valence-corrected chi connectivity index (χ1v) is 30.5. The van der Waals surface area contributed by atoms with Crippen molar-refractivity contribution >= 4 is 87.7 Å². The summed E-state index contributed by atoms with van der Waals surface area (Å²) in [5.41, 5.74) is 0.640. The topological polar surface area (TPSA) is 328 Å². The molecule has 5 amide bonds. The number of alkyl halides is 6. The van der Waals surface area contributed by atoms with Crippen LogP contribution in [0.1, 0.15) is 72.4 Å². The molecule has 0 radical (unpaired) electrons. The minimum atomic E-state index is -4.61. The zero-order valence-corrected chi connectivity index (χ0v) is 53.8. The molecule has 0 atom stereocenters. The van der Waals surface area contributed by atoms with E-state index in [0.717, 1.165) is 17.2 Å². The van der Waals surface area contributed by atoms with Crippen molar-refractivity contribution in [2.24, 2.45) is 10.8 Å². The Morgan fingerprint density at radius 2 is 1.01 bits per heavy atom. The fraction of sp³-hybridized carbons (Fsp3) is 0.344. The Labute approximate surface area is 560 Å². The molecule has 4 aromatic heterocycles. The number of aromatic nitrogens is 6. The van der Waals surface area contributed by atoms with Gasteiger partial charge in [0.1, 0.15) is 52.2 Å². The molecule has 15 rings (SSSR count). The van der Waals surface area contributed by atoms with Crippen LogP contribution in [-0.4, -0.2) is 158 Å². The number of anilines is 7. The molecule has 0 fully saturated rings. The van der Waals surface area contributed by atoms with E-state index in [1.165, 1.54) is 70.7 Å². The average molecular weight is 1390 g/mol. The van der Waals surface area contributed by atoms with Gasteiger partial charge >= 0.3 is 48.1 Å². The summed E-state index contributed by atoms with van der Waals surface area (Å²) in [6.45, 7) is 5.50. The van der Waals surface area contributed by atoms with Gasteiger partial charge in [0.2, 0.25) is 0 Å². The Kier molecular flexibility index (Phi) is 24.4. The molecule has 8 aliphatic heterocycles. The van der Waals surface area contributed by atoms with Crippen LogP contribution in [-0.2, 0) is 32.3 Å². The molecule has 0 saturated carbocycles. The van der Waals surface area contributed by atoms with Crippen LogP contribution in [0.25, 0.3) is 0 Å². The Balaban J connectivity index is 0.000000253. The molecule has 0 aliphatic carbocycles. The van der Waals surface area contributed by atoms with E-state index in [1.54, 1.807) is 62.4 Å². The fourth-order valence-corrected chi connectivity index (χ4v) is 9.38.